The highest BCUT2D eigenvalue weighted by atomic mass is 35.5. The van der Waals surface area contributed by atoms with Gasteiger partial charge >= 0.3 is 0 Å². The monoisotopic (exact) mass is 384 g/mol. The van der Waals surface area contributed by atoms with E-state index in [2.05, 4.69) is 51.5 Å². The van der Waals surface area contributed by atoms with E-state index in [0.717, 1.165) is 37.4 Å². The molecule has 0 radical (unpaired) electrons. The van der Waals surface area contributed by atoms with Crippen molar-refractivity contribution in [3.63, 3.8) is 0 Å². The summed E-state index contributed by atoms with van der Waals surface area (Å²) in [5.74, 6) is 1.40. The number of piperidine rings is 1. The van der Waals surface area contributed by atoms with Gasteiger partial charge in [-0.2, -0.15) is 0 Å². The average molecular weight is 385 g/mol. The van der Waals surface area contributed by atoms with Crippen molar-refractivity contribution >= 4 is 22.9 Å². The summed E-state index contributed by atoms with van der Waals surface area (Å²) in [7, 11) is 0. The van der Waals surface area contributed by atoms with E-state index in [0.29, 0.717) is 23.2 Å². The molecule has 1 fully saturated rings. The van der Waals surface area contributed by atoms with Crippen molar-refractivity contribution in [2.75, 3.05) is 18.0 Å². The van der Waals surface area contributed by atoms with Crippen molar-refractivity contribution < 1.29 is 4.74 Å². The fraction of sp³-hybridized carbons (Fsp3) is 0.429. The number of hydrogen-bond donors (Lipinski definition) is 0. The zero-order chi connectivity index (χ0) is 18.8. The molecule has 1 saturated heterocycles. The van der Waals surface area contributed by atoms with Crippen molar-refractivity contribution in [3.05, 3.63) is 59.0 Å². The Bertz CT molecular complexity index is 901. The topological polar surface area (TPSA) is 42.7 Å². The van der Waals surface area contributed by atoms with E-state index >= 15 is 0 Å². The van der Waals surface area contributed by atoms with Crippen LogP contribution in [-0.4, -0.2) is 33.8 Å². The molecule has 1 aromatic carbocycles. The smallest absolute Gasteiger partial charge is 0.181 e. The Balaban J connectivity index is 1.50. The van der Waals surface area contributed by atoms with Gasteiger partial charge in [0.15, 0.2) is 11.5 Å². The predicted octanol–water partition coefficient (Wildman–Crippen LogP) is 4.69. The quantitative estimate of drug-likeness (QED) is 0.639. The Morgan fingerprint density at radius 1 is 1.11 bits per heavy atom. The molecule has 0 saturated carbocycles. The Hall–Kier alpha value is -2.11. The number of ether oxygens (including phenoxy) is 1. The van der Waals surface area contributed by atoms with Gasteiger partial charge in [-0.3, -0.25) is 4.40 Å². The molecule has 142 valence electrons. The fourth-order valence-electron chi connectivity index (χ4n) is 3.73. The van der Waals surface area contributed by atoms with Gasteiger partial charge in [-0.15, -0.1) is 10.2 Å². The predicted molar refractivity (Wildman–Crippen MR) is 109 cm³/mol. The highest BCUT2D eigenvalue weighted by molar-refractivity contribution is 6.36. The molecule has 0 atom stereocenters. The Morgan fingerprint density at radius 2 is 1.85 bits per heavy atom. The van der Waals surface area contributed by atoms with Crippen molar-refractivity contribution in [2.24, 2.45) is 0 Å². The number of pyridine rings is 1. The van der Waals surface area contributed by atoms with Crippen molar-refractivity contribution in [2.45, 2.75) is 45.3 Å². The molecule has 0 unspecified atom stereocenters. The van der Waals surface area contributed by atoms with Crippen LogP contribution in [0.25, 0.3) is 5.65 Å². The normalized spacial score (nSPS) is 15.8. The molecule has 6 heteroatoms. The summed E-state index contributed by atoms with van der Waals surface area (Å²) in [6.45, 7) is 6.43. The van der Waals surface area contributed by atoms with Crippen LogP contribution in [0.4, 0.5) is 5.69 Å². The summed E-state index contributed by atoms with van der Waals surface area (Å²) in [5, 5.41) is 9.21. The van der Waals surface area contributed by atoms with Gasteiger partial charge in [0.25, 0.3) is 0 Å². The minimum atomic E-state index is 0.151. The molecule has 4 rings (SSSR count). The zero-order valence-electron chi connectivity index (χ0n) is 15.8. The molecule has 0 spiro atoms. The van der Waals surface area contributed by atoms with Crippen LogP contribution < -0.4 is 4.90 Å². The highest BCUT2D eigenvalue weighted by Crippen LogP contribution is 2.35. The third-order valence-electron chi connectivity index (χ3n) is 5.22. The van der Waals surface area contributed by atoms with Crippen LogP contribution >= 0.6 is 11.6 Å². The summed E-state index contributed by atoms with van der Waals surface area (Å²) in [5.41, 5.74) is 3.17. The van der Waals surface area contributed by atoms with E-state index in [-0.39, 0.29) is 6.10 Å². The van der Waals surface area contributed by atoms with Gasteiger partial charge in [0.1, 0.15) is 11.6 Å². The lowest BCUT2D eigenvalue weighted by Gasteiger charge is -2.34. The number of nitrogens with zero attached hydrogens (tertiary/aromatic N) is 4. The van der Waals surface area contributed by atoms with Gasteiger partial charge in [-0.05, 0) is 44.2 Å². The maximum absolute atomic E-state index is 6.70. The van der Waals surface area contributed by atoms with Gasteiger partial charge in [0.2, 0.25) is 0 Å². The molecule has 3 heterocycles. The standard InChI is InChI=1S/C21H25ClN4O/c1-15(2)27-14-19-23-24-21-20(22)18(10-13-26(19)21)25-11-8-17(9-12-25)16-6-4-3-5-7-16/h3-7,10,13,15,17H,8-9,11-12,14H2,1-2H3. The van der Waals surface area contributed by atoms with Crippen LogP contribution in [-0.2, 0) is 11.3 Å². The van der Waals surface area contributed by atoms with E-state index in [1.807, 2.05) is 24.4 Å². The first-order valence-electron chi connectivity index (χ1n) is 9.57. The van der Waals surface area contributed by atoms with Crippen LogP contribution in [0.1, 0.15) is 44.0 Å². The van der Waals surface area contributed by atoms with Gasteiger partial charge in [0, 0.05) is 19.3 Å². The zero-order valence-corrected chi connectivity index (χ0v) is 16.6. The molecule has 27 heavy (non-hydrogen) atoms. The number of anilines is 1. The first kappa shape index (κ1) is 18.3. The first-order chi connectivity index (χ1) is 13.1. The second-order valence-corrected chi connectivity index (χ2v) is 7.73. The lowest BCUT2D eigenvalue weighted by Crippen LogP contribution is -2.33. The van der Waals surface area contributed by atoms with Gasteiger partial charge < -0.3 is 9.64 Å². The van der Waals surface area contributed by atoms with E-state index in [1.54, 1.807) is 0 Å². The summed E-state index contributed by atoms with van der Waals surface area (Å²) in [6, 6.07) is 12.9. The average Bonchev–Trinajstić information content (AvgIpc) is 3.11. The summed E-state index contributed by atoms with van der Waals surface area (Å²) in [4.78, 5) is 2.36. The van der Waals surface area contributed by atoms with Crippen molar-refractivity contribution in [1.29, 1.82) is 0 Å². The second-order valence-electron chi connectivity index (χ2n) is 7.36. The van der Waals surface area contributed by atoms with Gasteiger partial charge in [0.05, 0.1) is 11.8 Å². The summed E-state index contributed by atoms with van der Waals surface area (Å²) < 4.78 is 7.58. The Morgan fingerprint density at radius 3 is 2.56 bits per heavy atom. The lowest BCUT2D eigenvalue weighted by molar-refractivity contribution is 0.0608. The fourth-order valence-corrected chi connectivity index (χ4v) is 4.04. The number of hydrogen-bond acceptors (Lipinski definition) is 4. The first-order valence-corrected chi connectivity index (χ1v) is 9.95. The van der Waals surface area contributed by atoms with Gasteiger partial charge in [-0.1, -0.05) is 41.9 Å². The van der Waals surface area contributed by atoms with Crippen LogP contribution in [0.2, 0.25) is 5.02 Å². The van der Waals surface area contributed by atoms with Crippen LogP contribution in [0, 0.1) is 0 Å². The third kappa shape index (κ3) is 3.80. The van der Waals surface area contributed by atoms with Gasteiger partial charge in [-0.25, -0.2) is 0 Å². The number of benzene rings is 1. The molecule has 0 bridgehead atoms. The number of rotatable bonds is 5. The molecule has 1 aliphatic rings. The molecule has 1 aliphatic heterocycles. The van der Waals surface area contributed by atoms with Crippen LogP contribution in [0.15, 0.2) is 42.6 Å². The number of aromatic nitrogens is 3. The molecule has 0 N–H and O–H groups in total. The Kier molecular flexibility index (Phi) is 5.32. The SMILES string of the molecule is CC(C)OCc1nnc2c(Cl)c(N3CCC(c4ccccc4)CC3)ccn12. The molecule has 0 aliphatic carbocycles. The Labute approximate surface area is 164 Å². The van der Waals surface area contributed by atoms with Crippen LogP contribution in [0.3, 0.4) is 0 Å². The van der Waals surface area contributed by atoms with Crippen molar-refractivity contribution in [1.82, 2.24) is 14.6 Å². The molecule has 5 nitrogen and oxygen atoms in total. The minimum absolute atomic E-state index is 0.151. The minimum Gasteiger partial charge on any atom is -0.371 e. The molecule has 0 amide bonds. The largest absolute Gasteiger partial charge is 0.371 e. The third-order valence-corrected chi connectivity index (χ3v) is 5.58. The number of fused-ring (bicyclic) bond motifs is 1. The van der Waals surface area contributed by atoms with E-state index in [4.69, 9.17) is 16.3 Å². The van der Waals surface area contributed by atoms with E-state index < -0.39 is 0 Å². The molecule has 3 aromatic rings. The second kappa shape index (κ2) is 7.87. The lowest BCUT2D eigenvalue weighted by atomic mass is 9.89. The maximum atomic E-state index is 6.70. The summed E-state index contributed by atoms with van der Waals surface area (Å²) in [6.07, 6.45) is 4.41. The molecular formula is C21H25ClN4O. The number of halogens is 1. The van der Waals surface area contributed by atoms with Crippen LogP contribution in [0.5, 0.6) is 0 Å². The van der Waals surface area contributed by atoms with E-state index in [9.17, 15) is 0 Å². The highest BCUT2D eigenvalue weighted by Gasteiger charge is 2.23. The summed E-state index contributed by atoms with van der Waals surface area (Å²) >= 11 is 6.70. The molecule has 2 aromatic heterocycles. The maximum Gasteiger partial charge on any atom is 0.181 e. The van der Waals surface area contributed by atoms with Crippen molar-refractivity contribution in [3.8, 4) is 0 Å². The molecular weight excluding hydrogens is 360 g/mol. The van der Waals surface area contributed by atoms with E-state index in [1.165, 1.54) is 5.56 Å².